The number of nitrogens with two attached hydrogens (primary N) is 1. The van der Waals surface area contributed by atoms with E-state index >= 15 is 0 Å². The second kappa shape index (κ2) is 9.99. The molecule has 180 valence electrons. The fraction of sp³-hybridized carbons (Fsp3) is 0.360. The number of likely N-dealkylation sites (tertiary alicyclic amines) is 1. The smallest absolute Gasteiger partial charge is 0.248 e. The van der Waals surface area contributed by atoms with Crippen molar-refractivity contribution >= 4 is 32.7 Å². The zero-order valence-electron chi connectivity index (χ0n) is 19.2. The quantitative estimate of drug-likeness (QED) is 0.456. The molecule has 34 heavy (non-hydrogen) atoms. The Kier molecular flexibility index (Phi) is 7.04. The topological polar surface area (TPSA) is 125 Å². The van der Waals surface area contributed by atoms with Crippen LogP contribution in [-0.4, -0.2) is 49.2 Å². The molecule has 1 saturated heterocycles. The predicted octanol–water partition coefficient (Wildman–Crippen LogP) is 2.81. The number of carbonyl (C=O) groups excluding carboxylic acids is 2. The minimum Gasteiger partial charge on any atom is -0.366 e. The fourth-order valence-corrected chi connectivity index (χ4v) is 5.86. The van der Waals surface area contributed by atoms with Crippen LogP contribution in [0.25, 0.3) is 10.9 Å². The first-order valence-corrected chi connectivity index (χ1v) is 13.0. The molecule has 1 atom stereocenters. The average Bonchev–Trinajstić information content (AvgIpc) is 3.31. The van der Waals surface area contributed by atoms with E-state index in [1.54, 1.807) is 53.6 Å². The van der Waals surface area contributed by atoms with Gasteiger partial charge in [0.1, 0.15) is 6.04 Å². The maximum atomic E-state index is 13.4. The van der Waals surface area contributed by atoms with Crippen molar-refractivity contribution in [2.75, 3.05) is 13.1 Å². The average molecular weight is 483 g/mol. The van der Waals surface area contributed by atoms with Crippen LogP contribution in [0, 0.1) is 5.92 Å². The molecule has 1 unspecified atom stereocenters. The second-order valence-corrected chi connectivity index (χ2v) is 10.7. The summed E-state index contributed by atoms with van der Waals surface area (Å²) in [5.74, 6) is -0.207. The SMILES string of the molecule is CC1CCN(C(=O)C(CCc2cccc(C(N)=O)c2)NS(=O)(=O)c2cccc3[nH]ccc23)CC1. The number of nitrogens with zero attached hydrogens (tertiary/aromatic N) is 1. The Labute approximate surface area is 199 Å². The number of amides is 2. The molecule has 2 heterocycles. The van der Waals surface area contributed by atoms with Crippen molar-refractivity contribution < 1.29 is 18.0 Å². The van der Waals surface area contributed by atoms with Gasteiger partial charge in [0.25, 0.3) is 0 Å². The minimum atomic E-state index is -3.97. The number of H-pyrrole nitrogens is 1. The van der Waals surface area contributed by atoms with Crippen LogP contribution in [0.4, 0.5) is 0 Å². The molecular formula is C25H30N4O4S. The minimum absolute atomic E-state index is 0.132. The highest BCUT2D eigenvalue weighted by molar-refractivity contribution is 7.89. The van der Waals surface area contributed by atoms with Gasteiger partial charge in [-0.15, -0.1) is 0 Å². The largest absolute Gasteiger partial charge is 0.366 e. The highest BCUT2D eigenvalue weighted by atomic mass is 32.2. The number of hydrogen-bond acceptors (Lipinski definition) is 4. The molecule has 2 amide bonds. The van der Waals surface area contributed by atoms with E-state index in [1.165, 1.54) is 0 Å². The molecule has 4 rings (SSSR count). The third-order valence-corrected chi connectivity index (χ3v) is 8.00. The molecular weight excluding hydrogens is 452 g/mol. The number of benzene rings is 2. The molecule has 0 radical (unpaired) electrons. The number of sulfonamides is 1. The van der Waals surface area contributed by atoms with Gasteiger partial charge in [-0.3, -0.25) is 9.59 Å². The Hall–Kier alpha value is -3.17. The van der Waals surface area contributed by atoms with Gasteiger partial charge in [-0.2, -0.15) is 4.72 Å². The number of piperidine rings is 1. The standard InChI is InChI=1S/C25H30N4O4S/c1-17-11-14-29(15-12-17)25(31)22(9-8-18-4-2-5-19(16-18)24(26)30)28-34(32,33)23-7-3-6-21-20(23)10-13-27-21/h2-7,10,13,16-17,22,27-28H,8-9,11-12,14-15H2,1H3,(H2,26,30). The fourth-order valence-electron chi connectivity index (χ4n) is 4.41. The maximum Gasteiger partial charge on any atom is 0.248 e. The summed E-state index contributed by atoms with van der Waals surface area (Å²) in [6.07, 6.45) is 4.16. The van der Waals surface area contributed by atoms with E-state index in [2.05, 4.69) is 16.6 Å². The van der Waals surface area contributed by atoms with Gasteiger partial charge in [-0.25, -0.2) is 8.42 Å². The summed E-state index contributed by atoms with van der Waals surface area (Å²) >= 11 is 0. The summed E-state index contributed by atoms with van der Waals surface area (Å²) in [6, 6.07) is 12.7. The van der Waals surface area contributed by atoms with E-state index in [9.17, 15) is 18.0 Å². The van der Waals surface area contributed by atoms with Crippen LogP contribution >= 0.6 is 0 Å². The number of primary amides is 1. The van der Waals surface area contributed by atoms with Gasteiger partial charge in [0.2, 0.25) is 21.8 Å². The van der Waals surface area contributed by atoms with Gasteiger partial charge >= 0.3 is 0 Å². The number of fused-ring (bicyclic) bond motifs is 1. The number of rotatable bonds is 8. The lowest BCUT2D eigenvalue weighted by molar-refractivity contribution is -0.134. The Balaban J connectivity index is 1.59. The van der Waals surface area contributed by atoms with E-state index in [1.807, 2.05) is 6.07 Å². The molecule has 0 spiro atoms. The van der Waals surface area contributed by atoms with Crippen molar-refractivity contribution in [3.8, 4) is 0 Å². The number of aromatic amines is 1. The molecule has 8 nitrogen and oxygen atoms in total. The molecule has 4 N–H and O–H groups in total. The molecule has 1 fully saturated rings. The second-order valence-electron chi connectivity index (χ2n) is 8.98. The van der Waals surface area contributed by atoms with Gasteiger partial charge in [0.15, 0.2) is 0 Å². The van der Waals surface area contributed by atoms with Gasteiger partial charge in [-0.1, -0.05) is 25.1 Å². The normalized spacial score (nSPS) is 16.0. The summed E-state index contributed by atoms with van der Waals surface area (Å²) in [5.41, 5.74) is 7.29. The van der Waals surface area contributed by atoms with E-state index in [0.29, 0.717) is 41.9 Å². The lowest BCUT2D eigenvalue weighted by atomic mass is 9.97. The van der Waals surface area contributed by atoms with E-state index in [-0.39, 0.29) is 17.2 Å². The monoisotopic (exact) mass is 482 g/mol. The zero-order valence-corrected chi connectivity index (χ0v) is 20.0. The molecule has 3 aromatic rings. The van der Waals surface area contributed by atoms with E-state index < -0.39 is 22.0 Å². The van der Waals surface area contributed by atoms with Crippen LogP contribution < -0.4 is 10.5 Å². The van der Waals surface area contributed by atoms with Crippen LogP contribution in [-0.2, 0) is 21.2 Å². The number of carbonyl (C=O) groups is 2. The number of nitrogens with one attached hydrogen (secondary N) is 2. The molecule has 1 aliphatic rings. The van der Waals surface area contributed by atoms with Crippen LogP contribution in [0.3, 0.4) is 0 Å². The van der Waals surface area contributed by atoms with Gasteiger partial charge in [0.05, 0.1) is 4.90 Å². The number of aromatic nitrogens is 1. The summed E-state index contributed by atoms with van der Waals surface area (Å²) in [5, 5.41) is 0.571. The van der Waals surface area contributed by atoms with Crippen LogP contribution in [0.15, 0.2) is 59.6 Å². The number of hydrogen-bond donors (Lipinski definition) is 3. The summed E-state index contributed by atoms with van der Waals surface area (Å²) in [7, 11) is -3.97. The van der Waals surface area contributed by atoms with Crippen molar-refractivity contribution in [3.05, 3.63) is 65.9 Å². The zero-order chi connectivity index (χ0) is 24.3. The van der Waals surface area contributed by atoms with Gasteiger partial charge in [0, 0.05) is 35.8 Å². The first-order chi connectivity index (χ1) is 16.2. The third kappa shape index (κ3) is 5.31. The molecule has 9 heteroatoms. The Morgan fingerprint density at radius 3 is 2.62 bits per heavy atom. The first-order valence-electron chi connectivity index (χ1n) is 11.5. The Bertz CT molecular complexity index is 1290. The van der Waals surface area contributed by atoms with Crippen LogP contribution in [0.1, 0.15) is 42.1 Å². The Morgan fingerprint density at radius 2 is 1.88 bits per heavy atom. The van der Waals surface area contributed by atoms with Crippen LogP contribution in [0.2, 0.25) is 0 Å². The molecule has 1 aromatic heterocycles. The first kappa shape index (κ1) is 24.0. The molecule has 1 aliphatic heterocycles. The molecule has 0 saturated carbocycles. The van der Waals surface area contributed by atoms with E-state index in [4.69, 9.17) is 5.73 Å². The van der Waals surface area contributed by atoms with Crippen LogP contribution in [0.5, 0.6) is 0 Å². The van der Waals surface area contributed by atoms with Crippen molar-refractivity contribution in [1.82, 2.24) is 14.6 Å². The molecule has 0 aliphatic carbocycles. The van der Waals surface area contributed by atoms with Gasteiger partial charge in [-0.05, 0) is 67.5 Å². The highest BCUT2D eigenvalue weighted by Crippen LogP contribution is 2.24. The van der Waals surface area contributed by atoms with Crippen molar-refractivity contribution in [2.24, 2.45) is 11.7 Å². The van der Waals surface area contributed by atoms with Crippen molar-refractivity contribution in [2.45, 2.75) is 43.5 Å². The summed E-state index contributed by atoms with van der Waals surface area (Å²) in [6.45, 7) is 3.39. The molecule has 0 bridgehead atoms. The highest BCUT2D eigenvalue weighted by Gasteiger charge is 2.31. The Morgan fingerprint density at radius 1 is 1.15 bits per heavy atom. The van der Waals surface area contributed by atoms with Crippen molar-refractivity contribution in [3.63, 3.8) is 0 Å². The number of aryl methyl sites for hydroxylation is 1. The van der Waals surface area contributed by atoms with E-state index in [0.717, 1.165) is 18.4 Å². The predicted molar refractivity (Wildman–Crippen MR) is 131 cm³/mol. The summed E-state index contributed by atoms with van der Waals surface area (Å²) in [4.78, 5) is 29.9. The van der Waals surface area contributed by atoms with Gasteiger partial charge < -0.3 is 15.6 Å². The lowest BCUT2D eigenvalue weighted by Gasteiger charge is -2.33. The molecule has 2 aromatic carbocycles. The van der Waals surface area contributed by atoms with Crippen molar-refractivity contribution in [1.29, 1.82) is 0 Å². The third-order valence-electron chi connectivity index (χ3n) is 6.47. The summed E-state index contributed by atoms with van der Waals surface area (Å²) < 4.78 is 29.5. The maximum absolute atomic E-state index is 13.4. The lowest BCUT2D eigenvalue weighted by Crippen LogP contribution is -2.50.